The average molecular weight is 373 g/mol. The molecule has 134 valence electrons. The number of sulfonamides is 1. The molecule has 0 bridgehead atoms. The third-order valence-electron chi connectivity index (χ3n) is 3.64. The van der Waals surface area contributed by atoms with E-state index in [1.807, 2.05) is 0 Å². The number of hydrogen-bond donors (Lipinski definition) is 2. The van der Waals surface area contributed by atoms with E-state index in [2.05, 4.69) is 15.0 Å². The van der Waals surface area contributed by atoms with Crippen LogP contribution in [0.2, 0.25) is 0 Å². The van der Waals surface area contributed by atoms with Crippen LogP contribution in [0, 0.1) is 12.7 Å². The molecule has 1 aromatic heterocycles. The molecule has 2 aromatic carbocycles. The fourth-order valence-electron chi connectivity index (χ4n) is 2.54. The molecule has 0 aliphatic carbocycles. The molecule has 8 heteroatoms. The van der Waals surface area contributed by atoms with Crippen molar-refractivity contribution < 1.29 is 17.6 Å². The summed E-state index contributed by atoms with van der Waals surface area (Å²) >= 11 is 0. The Balaban J connectivity index is 1.88. The zero-order valence-corrected chi connectivity index (χ0v) is 14.9. The summed E-state index contributed by atoms with van der Waals surface area (Å²) in [5, 5.41) is 3.36. The lowest BCUT2D eigenvalue weighted by Crippen LogP contribution is -2.15. The van der Waals surface area contributed by atoms with E-state index in [9.17, 15) is 17.6 Å². The minimum atomic E-state index is -3.41. The van der Waals surface area contributed by atoms with Crippen LogP contribution in [0.15, 0.2) is 48.5 Å². The fraction of sp³-hybridized carbons (Fsp3) is 0.111. The maximum atomic E-state index is 13.3. The van der Waals surface area contributed by atoms with Gasteiger partial charge in [0.25, 0.3) is 5.91 Å². The molecule has 1 heterocycles. The third kappa shape index (κ3) is 4.15. The molecule has 1 amide bonds. The topological polar surface area (TPSA) is 88.2 Å². The highest BCUT2D eigenvalue weighted by atomic mass is 32.2. The minimum absolute atomic E-state index is 0.342. The van der Waals surface area contributed by atoms with Crippen molar-refractivity contribution in [2.75, 3.05) is 16.3 Å². The zero-order valence-electron chi connectivity index (χ0n) is 14.1. The van der Waals surface area contributed by atoms with Gasteiger partial charge in [0.05, 0.1) is 28.7 Å². The van der Waals surface area contributed by atoms with E-state index in [1.54, 1.807) is 37.3 Å². The van der Waals surface area contributed by atoms with Gasteiger partial charge in [-0.25, -0.2) is 12.8 Å². The Morgan fingerprint density at radius 3 is 2.54 bits per heavy atom. The molecule has 3 aromatic rings. The molecule has 0 fully saturated rings. The highest BCUT2D eigenvalue weighted by Crippen LogP contribution is 2.20. The molecule has 0 saturated carbocycles. The molecule has 0 aliphatic heterocycles. The Kier molecular flexibility index (Phi) is 4.60. The van der Waals surface area contributed by atoms with Crippen LogP contribution in [0.4, 0.5) is 15.8 Å². The number of aromatic nitrogens is 1. The number of nitrogens with zero attached hydrogens (tertiary/aromatic N) is 1. The van der Waals surface area contributed by atoms with Gasteiger partial charge in [-0.15, -0.1) is 0 Å². The van der Waals surface area contributed by atoms with Crippen molar-refractivity contribution in [3.8, 4) is 0 Å². The Bertz CT molecular complexity index is 1110. The Hall–Kier alpha value is -3.00. The molecule has 0 atom stereocenters. The number of halogens is 1. The van der Waals surface area contributed by atoms with Gasteiger partial charge in [0, 0.05) is 17.1 Å². The van der Waals surface area contributed by atoms with Crippen molar-refractivity contribution in [3.63, 3.8) is 0 Å². The molecule has 0 radical (unpaired) electrons. The summed E-state index contributed by atoms with van der Waals surface area (Å²) in [6.45, 7) is 1.67. The van der Waals surface area contributed by atoms with Crippen molar-refractivity contribution in [2.45, 2.75) is 6.92 Å². The standard InChI is InChI=1S/C18H16FN3O3S/c1-11-16(8-12-6-7-13(19)9-17(12)20-11)18(23)21-14-4-3-5-15(10-14)22-26(2,24)25/h3-10,22H,1-2H3,(H,21,23). The largest absolute Gasteiger partial charge is 0.322 e. The number of carbonyl (C=O) groups is 1. The first-order valence-electron chi connectivity index (χ1n) is 7.67. The van der Waals surface area contributed by atoms with Crippen LogP contribution in [-0.4, -0.2) is 25.6 Å². The number of fused-ring (bicyclic) bond motifs is 1. The van der Waals surface area contributed by atoms with Gasteiger partial charge in [-0.1, -0.05) is 6.07 Å². The molecule has 0 saturated heterocycles. The van der Waals surface area contributed by atoms with Crippen LogP contribution in [0.25, 0.3) is 10.9 Å². The highest BCUT2D eigenvalue weighted by Gasteiger charge is 2.13. The first kappa shape index (κ1) is 17.8. The van der Waals surface area contributed by atoms with E-state index >= 15 is 0 Å². The molecular weight excluding hydrogens is 357 g/mol. The van der Waals surface area contributed by atoms with Crippen LogP contribution in [0.1, 0.15) is 16.1 Å². The summed E-state index contributed by atoms with van der Waals surface area (Å²) in [5.74, 6) is -0.783. The molecular formula is C18H16FN3O3S. The lowest BCUT2D eigenvalue weighted by Gasteiger charge is -2.10. The lowest BCUT2D eigenvalue weighted by molar-refractivity contribution is 0.102. The molecule has 26 heavy (non-hydrogen) atoms. The van der Waals surface area contributed by atoms with Gasteiger partial charge in [0.2, 0.25) is 10.0 Å². The number of nitrogens with one attached hydrogen (secondary N) is 2. The van der Waals surface area contributed by atoms with Gasteiger partial charge in [0.15, 0.2) is 0 Å². The summed E-state index contributed by atoms with van der Waals surface area (Å²) in [6, 6.07) is 12.2. The molecule has 0 spiro atoms. The molecule has 3 rings (SSSR count). The summed E-state index contributed by atoms with van der Waals surface area (Å²) in [6.07, 6.45) is 1.05. The first-order valence-corrected chi connectivity index (χ1v) is 9.56. The van der Waals surface area contributed by atoms with E-state index < -0.39 is 21.7 Å². The number of benzene rings is 2. The molecule has 6 nitrogen and oxygen atoms in total. The highest BCUT2D eigenvalue weighted by molar-refractivity contribution is 7.92. The number of amides is 1. The predicted molar refractivity (Wildman–Crippen MR) is 99.3 cm³/mol. The van der Waals surface area contributed by atoms with E-state index in [0.717, 1.165) is 6.26 Å². The number of rotatable bonds is 4. The minimum Gasteiger partial charge on any atom is -0.322 e. The van der Waals surface area contributed by atoms with Crippen LogP contribution in [-0.2, 0) is 10.0 Å². The van der Waals surface area contributed by atoms with Crippen molar-refractivity contribution >= 4 is 38.2 Å². The number of aryl methyl sites for hydroxylation is 1. The SMILES string of the molecule is Cc1nc2cc(F)ccc2cc1C(=O)Nc1cccc(NS(C)(=O)=O)c1. The van der Waals surface area contributed by atoms with Gasteiger partial charge in [-0.2, -0.15) is 0 Å². The normalized spacial score (nSPS) is 11.3. The van der Waals surface area contributed by atoms with Crippen LogP contribution >= 0.6 is 0 Å². The maximum Gasteiger partial charge on any atom is 0.257 e. The predicted octanol–water partition coefficient (Wildman–Crippen LogP) is 3.31. The molecule has 0 aliphatic rings. The molecule has 0 unspecified atom stereocenters. The number of hydrogen-bond acceptors (Lipinski definition) is 4. The summed E-state index contributed by atoms with van der Waals surface area (Å²) < 4.78 is 38.3. The van der Waals surface area contributed by atoms with Crippen molar-refractivity contribution in [1.82, 2.24) is 4.98 Å². The van der Waals surface area contributed by atoms with Crippen LogP contribution in [0.3, 0.4) is 0 Å². The Morgan fingerprint density at radius 1 is 1.08 bits per heavy atom. The van der Waals surface area contributed by atoms with Crippen molar-refractivity contribution in [3.05, 3.63) is 65.6 Å². The maximum absolute atomic E-state index is 13.3. The lowest BCUT2D eigenvalue weighted by atomic mass is 10.1. The zero-order chi connectivity index (χ0) is 18.9. The van der Waals surface area contributed by atoms with Gasteiger partial charge in [0.1, 0.15) is 5.82 Å². The average Bonchev–Trinajstić information content (AvgIpc) is 2.52. The van der Waals surface area contributed by atoms with E-state index in [-0.39, 0.29) is 0 Å². The fourth-order valence-corrected chi connectivity index (χ4v) is 3.09. The second-order valence-electron chi connectivity index (χ2n) is 5.87. The van der Waals surface area contributed by atoms with Gasteiger partial charge < -0.3 is 5.32 Å². The second kappa shape index (κ2) is 6.72. The van der Waals surface area contributed by atoms with Crippen molar-refractivity contribution in [1.29, 1.82) is 0 Å². The van der Waals surface area contributed by atoms with Crippen molar-refractivity contribution in [2.24, 2.45) is 0 Å². The monoisotopic (exact) mass is 373 g/mol. The number of carbonyl (C=O) groups excluding carboxylic acids is 1. The molecule has 2 N–H and O–H groups in total. The summed E-state index contributed by atoms with van der Waals surface area (Å²) in [5.41, 5.74) is 2.06. The Labute approximate surface area is 150 Å². The Morgan fingerprint density at radius 2 is 1.81 bits per heavy atom. The third-order valence-corrected chi connectivity index (χ3v) is 4.25. The summed E-state index contributed by atoms with van der Waals surface area (Å²) in [7, 11) is -3.41. The second-order valence-corrected chi connectivity index (χ2v) is 7.62. The first-order chi connectivity index (χ1) is 12.2. The number of pyridine rings is 1. The quantitative estimate of drug-likeness (QED) is 0.734. The van der Waals surface area contributed by atoms with Gasteiger partial charge in [-0.3, -0.25) is 14.5 Å². The van der Waals surface area contributed by atoms with E-state index in [4.69, 9.17) is 0 Å². The smallest absolute Gasteiger partial charge is 0.257 e. The van der Waals surface area contributed by atoms with E-state index in [1.165, 1.54) is 18.2 Å². The van der Waals surface area contributed by atoms with Gasteiger partial charge in [-0.05, 0) is 43.3 Å². The van der Waals surface area contributed by atoms with E-state index in [0.29, 0.717) is 33.5 Å². The van der Waals surface area contributed by atoms with Crippen LogP contribution in [0.5, 0.6) is 0 Å². The summed E-state index contributed by atoms with van der Waals surface area (Å²) in [4.78, 5) is 16.9. The number of anilines is 2. The van der Waals surface area contributed by atoms with Gasteiger partial charge >= 0.3 is 0 Å². The van der Waals surface area contributed by atoms with Crippen LogP contribution < -0.4 is 10.0 Å².